The normalized spacial score (nSPS) is 21.8. The van der Waals surface area contributed by atoms with E-state index in [0.29, 0.717) is 16.2 Å². The Morgan fingerprint density at radius 1 is 1.43 bits per heavy atom. The number of halogens is 2. The van der Waals surface area contributed by atoms with Gasteiger partial charge in [-0.25, -0.2) is 4.99 Å². The number of nitrogens with one attached hydrogen (secondary N) is 1. The lowest BCUT2D eigenvalue weighted by atomic mass is 9.98. The standard InChI is InChI=1S/C13H10F2N4OS/c1-5-9-7(20)4-17-13(16)19-12(9)21-10(5)6-2-3-8(14)18-11(6)15/h2-3,10H,1,4H2,(H3,16,17,19). The highest BCUT2D eigenvalue weighted by Crippen LogP contribution is 2.50. The Labute approximate surface area is 123 Å². The summed E-state index contributed by atoms with van der Waals surface area (Å²) in [5.41, 5.74) is 6.57. The second-order valence-corrected chi connectivity index (χ2v) is 5.61. The van der Waals surface area contributed by atoms with Gasteiger partial charge in [-0.3, -0.25) is 4.79 Å². The van der Waals surface area contributed by atoms with Gasteiger partial charge in [0.15, 0.2) is 11.7 Å². The summed E-state index contributed by atoms with van der Waals surface area (Å²) in [5.74, 6) is -1.94. The average molecular weight is 308 g/mol. The van der Waals surface area contributed by atoms with Crippen molar-refractivity contribution in [3.63, 3.8) is 0 Å². The number of pyridine rings is 1. The number of rotatable bonds is 1. The zero-order valence-corrected chi connectivity index (χ0v) is 11.5. The van der Waals surface area contributed by atoms with Crippen LogP contribution in [-0.2, 0) is 4.79 Å². The quantitative estimate of drug-likeness (QED) is 0.767. The Morgan fingerprint density at radius 3 is 2.90 bits per heavy atom. The highest BCUT2D eigenvalue weighted by Gasteiger charge is 2.36. The summed E-state index contributed by atoms with van der Waals surface area (Å²) in [6.07, 6.45) is 0. The third-order valence-corrected chi connectivity index (χ3v) is 4.46. The molecule has 2 aliphatic rings. The van der Waals surface area contributed by atoms with Crippen LogP contribution in [0.1, 0.15) is 10.8 Å². The van der Waals surface area contributed by atoms with E-state index in [1.165, 1.54) is 17.8 Å². The number of thioether (sulfide) groups is 1. The van der Waals surface area contributed by atoms with E-state index in [1.807, 2.05) is 0 Å². The van der Waals surface area contributed by atoms with Crippen LogP contribution in [-0.4, -0.2) is 23.3 Å². The zero-order valence-electron chi connectivity index (χ0n) is 10.7. The van der Waals surface area contributed by atoms with E-state index in [0.717, 1.165) is 6.07 Å². The van der Waals surface area contributed by atoms with Gasteiger partial charge >= 0.3 is 0 Å². The number of hydrogen-bond donors (Lipinski definition) is 2. The van der Waals surface area contributed by atoms with Crippen LogP contribution < -0.4 is 11.1 Å². The van der Waals surface area contributed by atoms with E-state index < -0.39 is 17.1 Å². The summed E-state index contributed by atoms with van der Waals surface area (Å²) in [7, 11) is 0. The molecular weight excluding hydrogens is 298 g/mol. The molecule has 3 rings (SSSR count). The molecule has 0 spiro atoms. The molecule has 0 radical (unpaired) electrons. The van der Waals surface area contributed by atoms with Crippen molar-refractivity contribution >= 4 is 23.5 Å². The zero-order chi connectivity index (χ0) is 15.1. The van der Waals surface area contributed by atoms with Gasteiger partial charge in [-0.15, -0.1) is 0 Å². The first-order chi connectivity index (χ1) is 9.97. The van der Waals surface area contributed by atoms with Crippen LogP contribution in [0.15, 0.2) is 39.9 Å². The van der Waals surface area contributed by atoms with Gasteiger partial charge in [0.1, 0.15) is 6.54 Å². The third kappa shape index (κ3) is 2.31. The lowest BCUT2D eigenvalue weighted by Crippen LogP contribution is -2.29. The van der Waals surface area contributed by atoms with Gasteiger partial charge in [0.2, 0.25) is 11.9 Å². The van der Waals surface area contributed by atoms with Crippen molar-refractivity contribution in [2.75, 3.05) is 6.54 Å². The second-order valence-electron chi connectivity index (χ2n) is 4.49. The van der Waals surface area contributed by atoms with Crippen LogP contribution in [0.5, 0.6) is 0 Å². The molecule has 0 amide bonds. The largest absolute Gasteiger partial charge is 0.370 e. The lowest BCUT2D eigenvalue weighted by Gasteiger charge is -2.13. The first-order valence-corrected chi connectivity index (χ1v) is 6.87. The Morgan fingerprint density at radius 2 is 2.19 bits per heavy atom. The highest BCUT2D eigenvalue weighted by atomic mass is 32.2. The number of Topliss-reactive ketones (excluding diaryl/α,β-unsaturated/α-hetero) is 1. The fourth-order valence-corrected chi connectivity index (χ4v) is 3.51. The molecule has 1 atom stereocenters. The first kappa shape index (κ1) is 13.7. The number of ketones is 1. The fraction of sp³-hybridized carbons (Fsp3) is 0.154. The maximum absolute atomic E-state index is 13.8. The Kier molecular flexibility index (Phi) is 3.25. The molecule has 8 heteroatoms. The number of carbonyl (C=O) groups excluding carboxylic acids is 1. The van der Waals surface area contributed by atoms with Gasteiger partial charge in [0.25, 0.3) is 0 Å². The monoisotopic (exact) mass is 308 g/mol. The molecule has 0 aromatic carbocycles. The predicted molar refractivity (Wildman–Crippen MR) is 75.3 cm³/mol. The van der Waals surface area contributed by atoms with Crippen LogP contribution in [0.4, 0.5) is 8.78 Å². The van der Waals surface area contributed by atoms with Crippen LogP contribution >= 0.6 is 11.8 Å². The fourth-order valence-electron chi connectivity index (χ4n) is 2.18. The molecule has 2 aliphatic heterocycles. The number of aromatic nitrogens is 1. The van der Waals surface area contributed by atoms with Gasteiger partial charge in [0, 0.05) is 5.56 Å². The van der Waals surface area contributed by atoms with Crippen LogP contribution in [0.3, 0.4) is 0 Å². The molecule has 21 heavy (non-hydrogen) atoms. The highest BCUT2D eigenvalue weighted by molar-refractivity contribution is 8.03. The maximum atomic E-state index is 13.8. The molecule has 108 valence electrons. The molecule has 5 nitrogen and oxygen atoms in total. The number of aliphatic imine (C=N–C) groups is 1. The minimum absolute atomic E-state index is 0.0892. The van der Waals surface area contributed by atoms with E-state index >= 15 is 0 Å². The molecule has 0 fully saturated rings. The molecule has 1 aromatic rings. The van der Waals surface area contributed by atoms with Gasteiger partial charge in [-0.05, 0) is 17.7 Å². The third-order valence-electron chi connectivity index (χ3n) is 3.14. The number of carbonyl (C=O) groups is 1. The van der Waals surface area contributed by atoms with Crippen molar-refractivity contribution in [2.24, 2.45) is 10.7 Å². The number of nitrogens with two attached hydrogens (primary N) is 1. The van der Waals surface area contributed by atoms with Crippen molar-refractivity contribution in [1.29, 1.82) is 0 Å². The summed E-state index contributed by atoms with van der Waals surface area (Å²) < 4.78 is 26.7. The molecule has 0 bridgehead atoms. The molecule has 1 unspecified atom stereocenters. The minimum Gasteiger partial charge on any atom is -0.370 e. The van der Waals surface area contributed by atoms with E-state index in [2.05, 4.69) is 21.9 Å². The summed E-state index contributed by atoms with van der Waals surface area (Å²) in [6.45, 7) is 3.77. The first-order valence-electron chi connectivity index (χ1n) is 5.99. The van der Waals surface area contributed by atoms with Crippen LogP contribution in [0.25, 0.3) is 0 Å². The van der Waals surface area contributed by atoms with Crippen molar-refractivity contribution in [2.45, 2.75) is 5.25 Å². The smallest absolute Gasteiger partial charge is 0.220 e. The van der Waals surface area contributed by atoms with Gasteiger partial charge in [-0.1, -0.05) is 18.3 Å². The average Bonchev–Trinajstić information content (AvgIpc) is 2.64. The van der Waals surface area contributed by atoms with Crippen LogP contribution in [0.2, 0.25) is 0 Å². The van der Waals surface area contributed by atoms with Crippen molar-refractivity contribution in [3.05, 3.63) is 52.3 Å². The Bertz CT molecular complexity index is 729. The van der Waals surface area contributed by atoms with Crippen molar-refractivity contribution in [1.82, 2.24) is 10.3 Å². The summed E-state index contributed by atoms with van der Waals surface area (Å²) in [5, 5.41) is 2.74. The molecule has 0 aliphatic carbocycles. The van der Waals surface area contributed by atoms with Crippen molar-refractivity contribution in [3.8, 4) is 0 Å². The molecule has 3 N–H and O–H groups in total. The molecule has 1 aromatic heterocycles. The van der Waals surface area contributed by atoms with Gasteiger partial charge in [-0.2, -0.15) is 13.8 Å². The van der Waals surface area contributed by atoms with E-state index in [9.17, 15) is 13.6 Å². The van der Waals surface area contributed by atoms with E-state index in [4.69, 9.17) is 5.73 Å². The van der Waals surface area contributed by atoms with Gasteiger partial charge in [0.05, 0.1) is 15.9 Å². The molecule has 0 saturated carbocycles. The Hall–Kier alpha value is -2.22. The lowest BCUT2D eigenvalue weighted by molar-refractivity contribution is -0.114. The Balaban J connectivity index is 1.98. The van der Waals surface area contributed by atoms with Crippen molar-refractivity contribution < 1.29 is 13.6 Å². The second kappa shape index (κ2) is 4.96. The minimum atomic E-state index is -0.916. The molecule has 0 saturated heterocycles. The number of guanidine groups is 1. The number of nitrogens with zero attached hydrogens (tertiary/aromatic N) is 2. The maximum Gasteiger partial charge on any atom is 0.220 e. The van der Waals surface area contributed by atoms with E-state index in [-0.39, 0.29) is 23.9 Å². The SMILES string of the molecule is C=C1C2=C(NC(N)=NCC2=O)SC1c1ccc(F)nc1F. The molecule has 3 heterocycles. The van der Waals surface area contributed by atoms with E-state index in [1.54, 1.807) is 0 Å². The summed E-state index contributed by atoms with van der Waals surface area (Å²) in [4.78, 5) is 19.1. The summed E-state index contributed by atoms with van der Waals surface area (Å²) >= 11 is 1.18. The predicted octanol–water partition coefficient (Wildman–Crippen LogP) is 1.40. The topological polar surface area (TPSA) is 80.4 Å². The number of hydrogen-bond acceptors (Lipinski definition) is 6. The molecular formula is C13H10F2N4OS. The van der Waals surface area contributed by atoms with Gasteiger partial charge < -0.3 is 11.1 Å². The summed E-state index contributed by atoms with van der Waals surface area (Å²) in [6, 6.07) is 2.37. The van der Waals surface area contributed by atoms with Crippen LogP contribution in [0, 0.1) is 11.9 Å².